The Labute approximate surface area is 277 Å². The van der Waals surface area contributed by atoms with Crippen LogP contribution in [0.3, 0.4) is 0 Å². The van der Waals surface area contributed by atoms with Crippen molar-refractivity contribution in [3.63, 3.8) is 0 Å². The number of hydrogen-bond donors (Lipinski definition) is 2. The monoisotopic (exact) mass is 659 g/mol. The molecule has 0 saturated carbocycles. The van der Waals surface area contributed by atoms with Crippen LogP contribution in [0.4, 0.5) is 23.1 Å². The quantitative estimate of drug-likeness (QED) is 0.217. The van der Waals surface area contributed by atoms with Crippen molar-refractivity contribution in [2.24, 2.45) is 0 Å². The Kier molecular flexibility index (Phi) is 9.43. The zero-order chi connectivity index (χ0) is 33.3. The van der Waals surface area contributed by atoms with Gasteiger partial charge in [-0.2, -0.15) is 14.6 Å². The fraction of sp³-hybridized carbons (Fsp3) is 0.457. The summed E-state index contributed by atoms with van der Waals surface area (Å²) < 4.78 is 33.9. The maximum absolute atomic E-state index is 13.1. The molecule has 250 valence electrons. The van der Waals surface area contributed by atoms with E-state index in [1.165, 1.54) is 18.4 Å². The molecule has 2 aliphatic heterocycles. The number of sulfone groups is 1. The van der Waals surface area contributed by atoms with Crippen LogP contribution in [-0.4, -0.2) is 83.8 Å². The molecule has 2 N–H and O–H groups in total. The number of para-hydroxylation sites is 1. The van der Waals surface area contributed by atoms with Gasteiger partial charge in [0.15, 0.2) is 9.84 Å². The zero-order valence-electron chi connectivity index (χ0n) is 27.9. The number of carbonyl (C=O) groups is 1. The number of fused-ring (bicyclic) bond motifs is 1. The van der Waals surface area contributed by atoms with Crippen LogP contribution in [0, 0.1) is 13.8 Å². The molecule has 0 unspecified atom stereocenters. The smallest absolute Gasteiger partial charge is 0.236 e. The number of aromatic nitrogens is 3. The number of nitrogens with zero attached hydrogens (tertiary/aromatic N) is 5. The summed E-state index contributed by atoms with van der Waals surface area (Å²) in [7, 11) is -1.88. The minimum atomic E-state index is -3.55. The van der Waals surface area contributed by atoms with Gasteiger partial charge in [-0.15, -0.1) is 0 Å². The highest BCUT2D eigenvalue weighted by Crippen LogP contribution is 2.39. The lowest BCUT2D eigenvalue weighted by Gasteiger charge is -2.34. The normalized spacial score (nSPS) is 16.3. The second-order valence-corrected chi connectivity index (χ2v) is 15.4. The Morgan fingerprint density at radius 1 is 1.00 bits per heavy atom. The number of ether oxygens (including phenoxy) is 1. The molecule has 0 radical (unpaired) electrons. The molecule has 2 fully saturated rings. The second kappa shape index (κ2) is 13.5. The van der Waals surface area contributed by atoms with Crippen molar-refractivity contribution in [1.82, 2.24) is 24.4 Å². The van der Waals surface area contributed by atoms with Crippen LogP contribution in [-0.2, 0) is 14.6 Å². The van der Waals surface area contributed by atoms with Crippen molar-refractivity contribution < 1.29 is 17.9 Å². The van der Waals surface area contributed by atoms with E-state index in [1.807, 2.05) is 17.9 Å². The van der Waals surface area contributed by atoms with Crippen molar-refractivity contribution in [2.75, 3.05) is 50.5 Å². The fourth-order valence-electron chi connectivity index (χ4n) is 6.72. The van der Waals surface area contributed by atoms with Gasteiger partial charge >= 0.3 is 0 Å². The molecule has 4 aromatic rings. The molecule has 1 amide bonds. The van der Waals surface area contributed by atoms with E-state index < -0.39 is 15.1 Å². The number of amides is 1. The molecule has 4 heterocycles. The minimum absolute atomic E-state index is 0.210. The number of aryl methyl sites for hydroxylation is 2. The van der Waals surface area contributed by atoms with Crippen molar-refractivity contribution in [1.29, 1.82) is 0 Å². The first-order chi connectivity index (χ1) is 22.6. The van der Waals surface area contributed by atoms with Crippen LogP contribution >= 0.6 is 0 Å². The highest BCUT2D eigenvalue weighted by atomic mass is 32.2. The van der Waals surface area contributed by atoms with E-state index in [4.69, 9.17) is 9.72 Å². The molecule has 6 rings (SSSR count). The van der Waals surface area contributed by atoms with E-state index in [0.29, 0.717) is 35.7 Å². The van der Waals surface area contributed by atoms with E-state index >= 15 is 0 Å². The summed E-state index contributed by atoms with van der Waals surface area (Å²) in [5, 5.41) is 10.6. The number of piperidine rings is 1. The van der Waals surface area contributed by atoms with Crippen molar-refractivity contribution >= 4 is 44.4 Å². The fourth-order valence-corrected chi connectivity index (χ4v) is 7.92. The van der Waals surface area contributed by atoms with E-state index in [-0.39, 0.29) is 10.8 Å². The van der Waals surface area contributed by atoms with Gasteiger partial charge in [0.1, 0.15) is 11.6 Å². The number of nitrogens with one attached hydrogen (secondary N) is 2. The minimum Gasteiger partial charge on any atom is -0.495 e. The van der Waals surface area contributed by atoms with Gasteiger partial charge in [-0.05, 0) is 114 Å². The SMILES string of the molecule is COc1cc(C2CCN(C(=O)CN3CCCC3)CC2)c(C)cc1Nc1nc(Nc2ccccc2S(=O)(=O)C(C)C)n2nccc2c1C. The number of methoxy groups -OCH3 is 1. The Bertz CT molecular complexity index is 1870. The van der Waals surface area contributed by atoms with Crippen molar-refractivity contribution in [2.45, 2.75) is 69.4 Å². The Morgan fingerprint density at radius 3 is 2.43 bits per heavy atom. The van der Waals surface area contributed by atoms with E-state index in [9.17, 15) is 13.2 Å². The molecule has 0 spiro atoms. The van der Waals surface area contributed by atoms with Crippen molar-refractivity contribution in [3.05, 3.63) is 65.4 Å². The molecular formula is C35H45N7O4S. The van der Waals surface area contributed by atoms with Gasteiger partial charge in [-0.1, -0.05) is 12.1 Å². The van der Waals surface area contributed by atoms with Gasteiger partial charge in [-0.3, -0.25) is 9.69 Å². The predicted molar refractivity (Wildman–Crippen MR) is 185 cm³/mol. The highest BCUT2D eigenvalue weighted by molar-refractivity contribution is 7.92. The van der Waals surface area contributed by atoms with E-state index in [0.717, 1.165) is 61.4 Å². The van der Waals surface area contributed by atoms with E-state index in [2.05, 4.69) is 39.7 Å². The van der Waals surface area contributed by atoms with Gasteiger partial charge in [0.2, 0.25) is 11.9 Å². The molecule has 12 heteroatoms. The van der Waals surface area contributed by atoms with Crippen LogP contribution in [0.25, 0.3) is 5.52 Å². The molecule has 0 bridgehead atoms. The van der Waals surface area contributed by atoms with Gasteiger partial charge in [0, 0.05) is 18.7 Å². The topological polar surface area (TPSA) is 121 Å². The molecule has 2 saturated heterocycles. The number of carbonyl (C=O) groups excluding carboxylic acids is 1. The Balaban J connectivity index is 1.24. The molecule has 2 aromatic heterocycles. The summed E-state index contributed by atoms with van der Waals surface area (Å²) in [6, 6.07) is 13.0. The van der Waals surface area contributed by atoms with Crippen LogP contribution in [0.15, 0.2) is 53.6 Å². The van der Waals surface area contributed by atoms with Crippen LogP contribution in [0.1, 0.15) is 62.1 Å². The molecule has 0 atom stereocenters. The summed E-state index contributed by atoms with van der Waals surface area (Å²) in [6.07, 6.45) is 5.91. The van der Waals surface area contributed by atoms with Gasteiger partial charge in [0.05, 0.1) is 46.9 Å². The molecule has 2 aliphatic rings. The molecule has 0 aliphatic carbocycles. The molecule has 2 aromatic carbocycles. The third-order valence-electron chi connectivity index (χ3n) is 9.55. The number of likely N-dealkylation sites (tertiary alicyclic amines) is 2. The van der Waals surface area contributed by atoms with E-state index in [1.54, 1.807) is 55.9 Å². The maximum atomic E-state index is 13.1. The molecular weight excluding hydrogens is 614 g/mol. The van der Waals surface area contributed by atoms with Gasteiger partial charge in [0.25, 0.3) is 0 Å². The first-order valence-electron chi connectivity index (χ1n) is 16.5. The third-order valence-corrected chi connectivity index (χ3v) is 11.8. The third kappa shape index (κ3) is 6.66. The molecule has 11 nitrogen and oxygen atoms in total. The average molecular weight is 660 g/mol. The first kappa shape index (κ1) is 32.8. The van der Waals surface area contributed by atoms with Gasteiger partial charge < -0.3 is 20.3 Å². The average Bonchev–Trinajstić information content (AvgIpc) is 3.77. The summed E-state index contributed by atoms with van der Waals surface area (Å²) in [5.74, 6) is 2.27. The van der Waals surface area contributed by atoms with Crippen LogP contribution in [0.2, 0.25) is 0 Å². The summed E-state index contributed by atoms with van der Waals surface area (Å²) in [5.41, 5.74) is 5.30. The first-order valence-corrected chi connectivity index (χ1v) is 18.0. The summed E-state index contributed by atoms with van der Waals surface area (Å²) in [6.45, 7) is 11.6. The summed E-state index contributed by atoms with van der Waals surface area (Å²) in [4.78, 5) is 22.3. The number of benzene rings is 2. The Hall–Kier alpha value is -4.16. The van der Waals surface area contributed by atoms with Crippen LogP contribution in [0.5, 0.6) is 5.75 Å². The second-order valence-electron chi connectivity index (χ2n) is 12.9. The number of rotatable bonds is 10. The van der Waals surface area contributed by atoms with Gasteiger partial charge in [-0.25, -0.2) is 8.42 Å². The lowest BCUT2D eigenvalue weighted by molar-refractivity contribution is -0.133. The number of anilines is 4. The predicted octanol–water partition coefficient (Wildman–Crippen LogP) is 5.83. The standard InChI is InChI=1S/C35H45N7O4S/c1-23(2)47(44,45)32-11-7-6-10-28(32)38-35-39-34(25(4)30-12-15-36-42(30)35)37-29-20-24(3)27(21-31(29)46-5)26-13-18-41(19-14-26)33(43)22-40-16-8-9-17-40/h6-7,10-12,15,20-21,23,26,37H,8-9,13-14,16-19,22H2,1-5H3,(H,38,39). The summed E-state index contributed by atoms with van der Waals surface area (Å²) >= 11 is 0. The maximum Gasteiger partial charge on any atom is 0.236 e. The van der Waals surface area contributed by atoms with Crippen molar-refractivity contribution in [3.8, 4) is 5.75 Å². The molecule has 47 heavy (non-hydrogen) atoms. The van der Waals surface area contributed by atoms with Crippen LogP contribution < -0.4 is 15.4 Å². The zero-order valence-corrected chi connectivity index (χ0v) is 28.7. The lowest BCUT2D eigenvalue weighted by atomic mass is 9.86. The lowest BCUT2D eigenvalue weighted by Crippen LogP contribution is -2.43. The highest BCUT2D eigenvalue weighted by Gasteiger charge is 2.28. The number of hydrogen-bond acceptors (Lipinski definition) is 9. The largest absolute Gasteiger partial charge is 0.495 e. The Morgan fingerprint density at radius 2 is 1.72 bits per heavy atom.